The van der Waals surface area contributed by atoms with Gasteiger partial charge in [-0.15, -0.1) is 0 Å². The smallest absolute Gasteiger partial charge is 0.327 e. The second-order valence-electron chi connectivity index (χ2n) is 6.45. The molecule has 1 aliphatic carbocycles. The van der Waals surface area contributed by atoms with Crippen molar-refractivity contribution in [3.63, 3.8) is 0 Å². The molecule has 24 heavy (non-hydrogen) atoms. The van der Waals surface area contributed by atoms with Gasteiger partial charge in [-0.3, -0.25) is 4.79 Å². The van der Waals surface area contributed by atoms with Gasteiger partial charge in [0, 0.05) is 24.4 Å². The summed E-state index contributed by atoms with van der Waals surface area (Å²) in [7, 11) is 0. The molecular formula is C19H22N2O3. The number of hydrogen-bond acceptors (Lipinski definition) is 3. The number of Topliss-reactive ketones (excluding diaryl/α,β-unsaturated/α-hetero) is 1. The Morgan fingerprint density at radius 2 is 1.88 bits per heavy atom. The second kappa shape index (κ2) is 7.43. The molecule has 0 amide bonds. The second-order valence-corrected chi connectivity index (χ2v) is 6.45. The van der Waals surface area contributed by atoms with Crippen LogP contribution in [0, 0.1) is 0 Å². The van der Waals surface area contributed by atoms with Gasteiger partial charge in [0.1, 0.15) is 6.04 Å². The van der Waals surface area contributed by atoms with E-state index in [-0.39, 0.29) is 12.2 Å². The highest BCUT2D eigenvalue weighted by Gasteiger charge is 2.23. The lowest BCUT2D eigenvalue weighted by atomic mass is 9.84. The van der Waals surface area contributed by atoms with Gasteiger partial charge in [0.05, 0.1) is 6.33 Å². The van der Waals surface area contributed by atoms with Crippen LogP contribution < -0.4 is 0 Å². The number of carbonyl (C=O) groups is 2. The average Bonchev–Trinajstić information content (AvgIpc) is 3.14. The number of hydrogen-bond donors (Lipinski definition) is 1. The highest BCUT2D eigenvalue weighted by Crippen LogP contribution is 2.32. The maximum Gasteiger partial charge on any atom is 0.327 e. The van der Waals surface area contributed by atoms with Crippen LogP contribution >= 0.6 is 0 Å². The summed E-state index contributed by atoms with van der Waals surface area (Å²) in [6, 6.07) is 6.79. The maximum atomic E-state index is 12.4. The number of carboxylic acids is 1. The Morgan fingerprint density at radius 1 is 1.17 bits per heavy atom. The molecule has 0 unspecified atom stereocenters. The predicted octanol–water partition coefficient (Wildman–Crippen LogP) is 3.83. The summed E-state index contributed by atoms with van der Waals surface area (Å²) in [5, 5.41) is 9.35. The molecule has 1 saturated carbocycles. The molecular weight excluding hydrogens is 304 g/mol. The fourth-order valence-electron chi connectivity index (χ4n) is 3.44. The molecule has 0 saturated heterocycles. The summed E-state index contributed by atoms with van der Waals surface area (Å²) in [4.78, 5) is 27.7. The van der Waals surface area contributed by atoms with Crippen LogP contribution in [0.25, 0.3) is 0 Å². The van der Waals surface area contributed by atoms with E-state index in [1.165, 1.54) is 54.8 Å². The number of aliphatic carboxylic acids is 1. The number of ketones is 1. The Morgan fingerprint density at radius 3 is 2.46 bits per heavy atom. The number of carbonyl (C=O) groups excluding carboxylic acids is 1. The summed E-state index contributed by atoms with van der Waals surface area (Å²) in [5.74, 6) is -0.591. The Labute approximate surface area is 141 Å². The van der Waals surface area contributed by atoms with Gasteiger partial charge in [-0.2, -0.15) is 0 Å². The van der Waals surface area contributed by atoms with Gasteiger partial charge in [0.25, 0.3) is 0 Å². The van der Waals surface area contributed by atoms with Gasteiger partial charge in [0.2, 0.25) is 0 Å². The molecule has 5 nitrogen and oxygen atoms in total. The van der Waals surface area contributed by atoms with Crippen molar-refractivity contribution < 1.29 is 14.7 Å². The van der Waals surface area contributed by atoms with Gasteiger partial charge >= 0.3 is 5.97 Å². The Balaban J connectivity index is 1.69. The average molecular weight is 326 g/mol. The normalized spacial score (nSPS) is 16.7. The fraction of sp³-hybridized carbons (Fsp3) is 0.421. The first-order valence-electron chi connectivity index (χ1n) is 8.48. The van der Waals surface area contributed by atoms with Crippen molar-refractivity contribution in [3.8, 4) is 0 Å². The molecule has 1 fully saturated rings. The highest BCUT2D eigenvalue weighted by atomic mass is 16.4. The molecule has 1 N–H and O–H groups in total. The molecule has 1 aliphatic rings. The molecule has 0 spiro atoms. The number of nitrogens with zero attached hydrogens (tertiary/aromatic N) is 2. The number of carboxylic acid groups (broad SMARTS) is 1. The summed E-state index contributed by atoms with van der Waals surface area (Å²) >= 11 is 0. The Hall–Kier alpha value is -2.43. The summed E-state index contributed by atoms with van der Waals surface area (Å²) < 4.78 is 1.45. The van der Waals surface area contributed by atoms with Crippen LogP contribution in [0.3, 0.4) is 0 Å². The molecule has 0 aliphatic heterocycles. The number of benzene rings is 1. The molecule has 0 radical (unpaired) electrons. The van der Waals surface area contributed by atoms with E-state index < -0.39 is 12.0 Å². The lowest BCUT2D eigenvalue weighted by molar-refractivity contribution is -0.140. The molecule has 3 rings (SSSR count). The standard InChI is InChI=1S/C19H22N2O3/c22-18(12-17(19(23)24)21-11-10-20-13-21)16-8-6-15(7-9-16)14-4-2-1-3-5-14/h6-11,13-14,17H,1-5,12H2,(H,23,24)/t17-/m1/s1. The minimum Gasteiger partial charge on any atom is -0.480 e. The van der Waals surface area contributed by atoms with E-state index in [9.17, 15) is 14.7 Å². The lowest BCUT2D eigenvalue weighted by Gasteiger charge is -2.22. The molecule has 5 heteroatoms. The highest BCUT2D eigenvalue weighted by molar-refractivity contribution is 5.98. The van der Waals surface area contributed by atoms with Gasteiger partial charge in [-0.05, 0) is 24.3 Å². The molecule has 126 valence electrons. The Bertz CT molecular complexity index is 686. The van der Waals surface area contributed by atoms with E-state index in [1.807, 2.05) is 24.3 Å². The van der Waals surface area contributed by atoms with Crippen LogP contribution in [-0.2, 0) is 4.79 Å². The van der Waals surface area contributed by atoms with E-state index in [0.717, 1.165) is 0 Å². The molecule has 1 atom stereocenters. The van der Waals surface area contributed by atoms with Crippen LogP contribution in [0.2, 0.25) is 0 Å². The maximum absolute atomic E-state index is 12.4. The fourth-order valence-corrected chi connectivity index (χ4v) is 3.44. The van der Waals surface area contributed by atoms with E-state index in [1.54, 1.807) is 6.20 Å². The van der Waals surface area contributed by atoms with E-state index in [0.29, 0.717) is 11.5 Å². The lowest BCUT2D eigenvalue weighted by Crippen LogP contribution is -2.21. The predicted molar refractivity (Wildman–Crippen MR) is 90.1 cm³/mol. The zero-order chi connectivity index (χ0) is 16.9. The van der Waals surface area contributed by atoms with Crippen molar-refractivity contribution in [2.24, 2.45) is 0 Å². The van der Waals surface area contributed by atoms with E-state index in [2.05, 4.69) is 4.98 Å². The quantitative estimate of drug-likeness (QED) is 0.819. The monoisotopic (exact) mass is 326 g/mol. The molecule has 1 aromatic heterocycles. The zero-order valence-electron chi connectivity index (χ0n) is 13.6. The van der Waals surface area contributed by atoms with Crippen molar-refractivity contribution in [2.75, 3.05) is 0 Å². The number of rotatable bonds is 6. The van der Waals surface area contributed by atoms with Crippen molar-refractivity contribution in [1.82, 2.24) is 9.55 Å². The van der Waals surface area contributed by atoms with Crippen molar-refractivity contribution in [1.29, 1.82) is 0 Å². The first kappa shape index (κ1) is 16.4. The van der Waals surface area contributed by atoms with Crippen LogP contribution in [0.5, 0.6) is 0 Å². The summed E-state index contributed by atoms with van der Waals surface area (Å²) in [5.41, 5.74) is 1.86. The number of aromatic nitrogens is 2. The SMILES string of the molecule is O=C(C[C@H](C(=O)O)n1ccnc1)c1ccc(C2CCCCC2)cc1. The largest absolute Gasteiger partial charge is 0.480 e. The van der Waals surface area contributed by atoms with Crippen LogP contribution in [0.4, 0.5) is 0 Å². The number of imidazole rings is 1. The summed E-state index contributed by atoms with van der Waals surface area (Å²) in [6.07, 6.45) is 10.7. The van der Waals surface area contributed by atoms with Crippen molar-refractivity contribution >= 4 is 11.8 Å². The van der Waals surface area contributed by atoms with Crippen LogP contribution in [-0.4, -0.2) is 26.4 Å². The third kappa shape index (κ3) is 3.72. The first-order chi connectivity index (χ1) is 11.6. The topological polar surface area (TPSA) is 72.2 Å². The van der Waals surface area contributed by atoms with Crippen molar-refractivity contribution in [3.05, 3.63) is 54.1 Å². The minimum absolute atomic E-state index is 0.0749. The molecule has 1 aromatic carbocycles. The van der Waals surface area contributed by atoms with Gasteiger partial charge in [-0.1, -0.05) is 43.5 Å². The Kier molecular flexibility index (Phi) is 5.08. The zero-order valence-corrected chi connectivity index (χ0v) is 13.6. The van der Waals surface area contributed by atoms with Crippen LogP contribution in [0.1, 0.15) is 66.4 Å². The third-order valence-corrected chi connectivity index (χ3v) is 4.86. The van der Waals surface area contributed by atoms with Gasteiger partial charge in [0.15, 0.2) is 5.78 Å². The third-order valence-electron chi connectivity index (χ3n) is 4.86. The van der Waals surface area contributed by atoms with Gasteiger partial charge < -0.3 is 9.67 Å². The van der Waals surface area contributed by atoms with E-state index in [4.69, 9.17) is 0 Å². The first-order valence-corrected chi connectivity index (χ1v) is 8.48. The molecule has 0 bridgehead atoms. The minimum atomic E-state index is -1.03. The molecule has 2 aromatic rings. The van der Waals surface area contributed by atoms with E-state index >= 15 is 0 Å². The van der Waals surface area contributed by atoms with Crippen LogP contribution in [0.15, 0.2) is 43.0 Å². The summed E-state index contributed by atoms with van der Waals surface area (Å²) in [6.45, 7) is 0. The van der Waals surface area contributed by atoms with Crippen molar-refractivity contribution in [2.45, 2.75) is 50.5 Å². The molecule has 1 heterocycles. The van der Waals surface area contributed by atoms with Gasteiger partial charge in [-0.25, -0.2) is 9.78 Å².